The van der Waals surface area contributed by atoms with Gasteiger partial charge in [-0.3, -0.25) is 0 Å². The molecule has 1 saturated carbocycles. The van der Waals surface area contributed by atoms with Crippen LogP contribution in [0.15, 0.2) is 24.3 Å². The zero-order valence-corrected chi connectivity index (χ0v) is 8.67. The highest BCUT2D eigenvalue weighted by Crippen LogP contribution is 2.35. The Hall–Kier alpha value is -0.570. The van der Waals surface area contributed by atoms with Gasteiger partial charge in [0.05, 0.1) is 5.60 Å². The lowest BCUT2D eigenvalue weighted by atomic mass is 9.73. The molecule has 0 atom stereocenters. The summed E-state index contributed by atoms with van der Waals surface area (Å²) in [5.74, 6) is 0. The molecule has 0 saturated heterocycles. The Labute approximate surface area is 88.7 Å². The van der Waals surface area contributed by atoms with Crippen LogP contribution in [0.2, 0.25) is 5.02 Å². The van der Waals surface area contributed by atoms with E-state index in [1.54, 1.807) is 0 Å². The van der Waals surface area contributed by atoms with Crippen LogP contribution < -0.4 is 5.73 Å². The fourth-order valence-electron chi connectivity index (χ4n) is 2.06. The van der Waals surface area contributed by atoms with Gasteiger partial charge in [-0.15, -0.1) is 0 Å². The van der Waals surface area contributed by atoms with E-state index in [0.29, 0.717) is 19.3 Å². The van der Waals surface area contributed by atoms with Gasteiger partial charge in [0, 0.05) is 17.5 Å². The molecule has 2 rings (SSSR count). The molecule has 0 radical (unpaired) electrons. The Bertz CT molecular complexity index is 334. The van der Waals surface area contributed by atoms with E-state index in [1.165, 1.54) is 0 Å². The number of rotatable bonds is 2. The summed E-state index contributed by atoms with van der Waals surface area (Å²) in [6, 6.07) is 7.77. The van der Waals surface area contributed by atoms with E-state index in [2.05, 4.69) is 0 Å². The maximum Gasteiger partial charge on any atom is 0.0718 e. The molecule has 1 aromatic rings. The predicted octanol–water partition coefficient (Wildman–Crippen LogP) is 1.73. The number of benzene rings is 1. The summed E-state index contributed by atoms with van der Waals surface area (Å²) >= 11 is 6.01. The molecule has 0 spiro atoms. The summed E-state index contributed by atoms with van der Waals surface area (Å²) < 4.78 is 0. The van der Waals surface area contributed by atoms with Gasteiger partial charge < -0.3 is 10.8 Å². The zero-order chi connectivity index (χ0) is 10.2. The van der Waals surface area contributed by atoms with Crippen molar-refractivity contribution < 1.29 is 5.11 Å². The largest absolute Gasteiger partial charge is 0.389 e. The summed E-state index contributed by atoms with van der Waals surface area (Å²) in [6.07, 6.45) is 1.97. The van der Waals surface area contributed by atoms with E-state index in [0.717, 1.165) is 10.6 Å². The van der Waals surface area contributed by atoms with Crippen molar-refractivity contribution in [1.29, 1.82) is 0 Å². The smallest absolute Gasteiger partial charge is 0.0718 e. The van der Waals surface area contributed by atoms with Crippen LogP contribution >= 0.6 is 11.6 Å². The van der Waals surface area contributed by atoms with Crippen LogP contribution in [-0.2, 0) is 6.42 Å². The molecule has 76 valence electrons. The quantitative estimate of drug-likeness (QED) is 0.783. The Balaban J connectivity index is 2.08. The number of halogens is 1. The normalized spacial score (nSPS) is 31.2. The van der Waals surface area contributed by atoms with Crippen molar-refractivity contribution >= 4 is 11.6 Å². The minimum Gasteiger partial charge on any atom is -0.389 e. The first-order valence-corrected chi connectivity index (χ1v) is 5.18. The summed E-state index contributed by atoms with van der Waals surface area (Å²) in [5, 5.41) is 10.7. The van der Waals surface area contributed by atoms with Gasteiger partial charge in [-0.1, -0.05) is 29.8 Å². The molecule has 0 bridgehead atoms. The van der Waals surface area contributed by atoms with Gasteiger partial charge in [0.1, 0.15) is 0 Å². The second kappa shape index (κ2) is 3.54. The molecule has 3 N–H and O–H groups in total. The lowest BCUT2D eigenvalue weighted by Gasteiger charge is -2.42. The van der Waals surface area contributed by atoms with E-state index < -0.39 is 5.60 Å². The van der Waals surface area contributed by atoms with E-state index in [9.17, 15) is 5.11 Å². The van der Waals surface area contributed by atoms with Gasteiger partial charge in [0.25, 0.3) is 0 Å². The molecule has 0 unspecified atom stereocenters. The third-order valence-electron chi connectivity index (χ3n) is 2.76. The van der Waals surface area contributed by atoms with Gasteiger partial charge in [-0.05, 0) is 24.5 Å². The SMILES string of the molecule is NC1CC(O)(Cc2ccccc2Cl)C1. The first-order chi connectivity index (χ1) is 6.59. The summed E-state index contributed by atoms with van der Waals surface area (Å²) in [7, 11) is 0. The van der Waals surface area contributed by atoms with Crippen molar-refractivity contribution in [1.82, 2.24) is 0 Å². The number of aliphatic hydroxyl groups is 1. The highest BCUT2D eigenvalue weighted by Gasteiger charge is 2.40. The maximum absolute atomic E-state index is 10.0. The van der Waals surface area contributed by atoms with Gasteiger partial charge in [-0.2, -0.15) is 0 Å². The Morgan fingerprint density at radius 2 is 2.07 bits per heavy atom. The highest BCUT2D eigenvalue weighted by atomic mass is 35.5. The average Bonchev–Trinajstić information content (AvgIpc) is 2.06. The van der Waals surface area contributed by atoms with Gasteiger partial charge in [-0.25, -0.2) is 0 Å². The second-order valence-electron chi connectivity index (χ2n) is 4.16. The standard InChI is InChI=1S/C11H14ClNO/c12-10-4-2-1-3-8(10)5-11(14)6-9(13)7-11/h1-4,9,14H,5-7,13H2. The minimum atomic E-state index is -0.621. The monoisotopic (exact) mass is 211 g/mol. The molecule has 1 aromatic carbocycles. The lowest BCUT2D eigenvalue weighted by Crippen LogP contribution is -2.52. The summed E-state index contributed by atoms with van der Waals surface area (Å²) in [4.78, 5) is 0. The molecule has 2 nitrogen and oxygen atoms in total. The first kappa shape index (κ1) is 9.97. The van der Waals surface area contributed by atoms with Gasteiger partial charge >= 0.3 is 0 Å². The Morgan fingerprint density at radius 3 is 2.64 bits per heavy atom. The highest BCUT2D eigenvalue weighted by molar-refractivity contribution is 6.31. The lowest BCUT2D eigenvalue weighted by molar-refractivity contribution is -0.0454. The third-order valence-corrected chi connectivity index (χ3v) is 3.13. The molecule has 3 heteroatoms. The van der Waals surface area contributed by atoms with Crippen molar-refractivity contribution in [2.75, 3.05) is 0 Å². The van der Waals surface area contributed by atoms with Crippen LogP contribution in [0.5, 0.6) is 0 Å². The topological polar surface area (TPSA) is 46.2 Å². The van der Waals surface area contributed by atoms with Gasteiger partial charge in [0.2, 0.25) is 0 Å². The van der Waals surface area contributed by atoms with Crippen molar-refractivity contribution in [3.05, 3.63) is 34.9 Å². The third kappa shape index (κ3) is 1.92. The molecule has 0 aliphatic heterocycles. The van der Waals surface area contributed by atoms with E-state index in [4.69, 9.17) is 17.3 Å². The van der Waals surface area contributed by atoms with Crippen molar-refractivity contribution in [3.8, 4) is 0 Å². The van der Waals surface area contributed by atoms with Crippen LogP contribution in [0.25, 0.3) is 0 Å². The molecule has 0 heterocycles. The van der Waals surface area contributed by atoms with E-state index in [-0.39, 0.29) is 6.04 Å². The van der Waals surface area contributed by atoms with Crippen LogP contribution in [0.3, 0.4) is 0 Å². The fraction of sp³-hybridized carbons (Fsp3) is 0.455. The fourth-order valence-corrected chi connectivity index (χ4v) is 2.26. The summed E-state index contributed by atoms with van der Waals surface area (Å²) in [6.45, 7) is 0. The molecule has 1 aliphatic rings. The zero-order valence-electron chi connectivity index (χ0n) is 7.91. The molecule has 0 amide bonds. The van der Waals surface area contributed by atoms with Crippen LogP contribution in [-0.4, -0.2) is 16.7 Å². The minimum absolute atomic E-state index is 0.155. The first-order valence-electron chi connectivity index (χ1n) is 4.80. The van der Waals surface area contributed by atoms with Crippen LogP contribution in [0.4, 0.5) is 0 Å². The van der Waals surface area contributed by atoms with E-state index in [1.807, 2.05) is 24.3 Å². The van der Waals surface area contributed by atoms with Crippen molar-refractivity contribution in [3.63, 3.8) is 0 Å². The molecule has 0 aromatic heterocycles. The molecular weight excluding hydrogens is 198 g/mol. The van der Waals surface area contributed by atoms with Crippen LogP contribution in [0, 0.1) is 0 Å². The van der Waals surface area contributed by atoms with Crippen molar-refractivity contribution in [2.45, 2.75) is 30.9 Å². The van der Waals surface area contributed by atoms with Crippen LogP contribution in [0.1, 0.15) is 18.4 Å². The summed E-state index contributed by atoms with van der Waals surface area (Å²) in [5.41, 5.74) is 6.04. The molecular formula is C11H14ClNO. The number of nitrogens with two attached hydrogens (primary N) is 1. The van der Waals surface area contributed by atoms with Gasteiger partial charge in [0.15, 0.2) is 0 Å². The average molecular weight is 212 g/mol. The predicted molar refractivity (Wildman–Crippen MR) is 57.3 cm³/mol. The number of hydrogen-bond acceptors (Lipinski definition) is 2. The molecule has 1 fully saturated rings. The number of hydrogen-bond donors (Lipinski definition) is 2. The Kier molecular flexibility index (Phi) is 2.52. The molecule has 1 aliphatic carbocycles. The van der Waals surface area contributed by atoms with E-state index >= 15 is 0 Å². The maximum atomic E-state index is 10.0. The second-order valence-corrected chi connectivity index (χ2v) is 4.57. The Morgan fingerprint density at radius 1 is 1.43 bits per heavy atom. The molecule has 14 heavy (non-hydrogen) atoms. The van der Waals surface area contributed by atoms with Crippen molar-refractivity contribution in [2.24, 2.45) is 5.73 Å².